The van der Waals surface area contributed by atoms with Crippen molar-refractivity contribution in [2.45, 2.75) is 0 Å². The number of imidazole rings is 1. The molecule has 2 aromatic carbocycles. The topological polar surface area (TPSA) is 33.1 Å². The Kier molecular flexibility index (Phi) is 2.90. The quantitative estimate of drug-likeness (QED) is 0.488. The van der Waals surface area contributed by atoms with Crippen LogP contribution in [0.4, 0.5) is 0 Å². The Morgan fingerprint density at radius 1 is 1.05 bits per heavy atom. The third kappa shape index (κ3) is 2.09. The van der Waals surface area contributed by atoms with Crippen molar-refractivity contribution in [3.05, 3.63) is 64.0 Å². The second-order valence-corrected chi connectivity index (χ2v) is 6.10. The lowest BCUT2D eigenvalue weighted by molar-refractivity contribution is 1.09. The largest absolute Gasteiger partial charge is 0.331 e. The van der Waals surface area contributed by atoms with Crippen molar-refractivity contribution in [1.82, 2.24) is 14.4 Å². The van der Waals surface area contributed by atoms with Crippen LogP contribution in [0.2, 0.25) is 0 Å². The molecule has 0 amide bonds. The molecular weight excluding hydrogens is 346 g/mol. The molecule has 3 nitrogen and oxygen atoms in total. The van der Waals surface area contributed by atoms with Gasteiger partial charge in [0.2, 0.25) is 0 Å². The van der Waals surface area contributed by atoms with E-state index in [-0.39, 0.29) is 0 Å². The highest BCUT2D eigenvalue weighted by atomic mass is 79.9. The number of rotatable bonds is 1. The lowest BCUT2D eigenvalue weighted by atomic mass is 10.2. The molecule has 102 valence electrons. The highest BCUT2D eigenvalue weighted by molar-refractivity contribution is 9.10. The fraction of sp³-hybridized carbons (Fsp3) is 0. The van der Waals surface area contributed by atoms with Gasteiger partial charge in [0.05, 0.1) is 11.2 Å². The highest BCUT2D eigenvalue weighted by Gasteiger charge is 2.08. The monoisotopic (exact) mass is 355 g/mol. The summed E-state index contributed by atoms with van der Waals surface area (Å²) in [5.41, 5.74) is 3.87. The van der Waals surface area contributed by atoms with Gasteiger partial charge < -0.3 is 4.98 Å². The van der Waals surface area contributed by atoms with Crippen molar-refractivity contribution in [2.24, 2.45) is 0 Å². The van der Waals surface area contributed by atoms with Crippen LogP contribution in [0.15, 0.2) is 59.2 Å². The molecule has 0 fully saturated rings. The zero-order valence-electron chi connectivity index (χ0n) is 10.9. The average molecular weight is 356 g/mol. The van der Waals surface area contributed by atoms with Crippen molar-refractivity contribution in [3.8, 4) is 11.3 Å². The maximum absolute atomic E-state index is 5.43. The zero-order valence-corrected chi connectivity index (χ0v) is 13.3. The van der Waals surface area contributed by atoms with E-state index in [0.717, 1.165) is 32.3 Å². The molecule has 2 aromatic heterocycles. The molecule has 4 aromatic rings. The first-order valence-corrected chi connectivity index (χ1v) is 7.68. The second-order valence-electron chi connectivity index (χ2n) is 4.80. The fourth-order valence-corrected chi connectivity index (χ4v) is 2.96. The van der Waals surface area contributed by atoms with Crippen molar-refractivity contribution < 1.29 is 0 Å². The van der Waals surface area contributed by atoms with Crippen LogP contribution in [0, 0.1) is 4.77 Å². The van der Waals surface area contributed by atoms with Crippen LogP contribution in [0.25, 0.3) is 27.8 Å². The molecule has 4 rings (SSSR count). The first-order chi connectivity index (χ1) is 10.2. The van der Waals surface area contributed by atoms with E-state index >= 15 is 0 Å². The number of hydrogen-bond acceptors (Lipinski definition) is 2. The van der Waals surface area contributed by atoms with Crippen LogP contribution in [0.1, 0.15) is 0 Å². The molecule has 2 heterocycles. The number of nitrogens with zero attached hydrogens (tertiary/aromatic N) is 2. The minimum atomic E-state index is 0.652. The van der Waals surface area contributed by atoms with Gasteiger partial charge in [-0.25, -0.2) is 4.98 Å². The molecule has 0 radical (unpaired) electrons. The van der Waals surface area contributed by atoms with Crippen LogP contribution < -0.4 is 0 Å². The SMILES string of the molecule is S=c1[nH]c2ccccc2c2nc(-c3ccc(Br)cc3)cn12. The van der Waals surface area contributed by atoms with Crippen LogP contribution in [-0.2, 0) is 0 Å². The normalized spacial score (nSPS) is 11.3. The Morgan fingerprint density at radius 3 is 2.62 bits per heavy atom. The molecule has 21 heavy (non-hydrogen) atoms. The Balaban J connectivity index is 2.05. The van der Waals surface area contributed by atoms with E-state index in [4.69, 9.17) is 17.2 Å². The van der Waals surface area contributed by atoms with E-state index in [1.165, 1.54) is 0 Å². The summed E-state index contributed by atoms with van der Waals surface area (Å²) in [6.07, 6.45) is 1.98. The Bertz CT molecular complexity index is 1020. The Hall–Kier alpha value is -1.98. The van der Waals surface area contributed by atoms with E-state index in [9.17, 15) is 0 Å². The van der Waals surface area contributed by atoms with Gasteiger partial charge >= 0.3 is 0 Å². The molecule has 0 spiro atoms. The summed E-state index contributed by atoms with van der Waals surface area (Å²) in [5.74, 6) is 0. The third-order valence-electron chi connectivity index (χ3n) is 3.47. The van der Waals surface area contributed by atoms with Gasteiger partial charge in [0.15, 0.2) is 4.77 Å². The van der Waals surface area contributed by atoms with Crippen LogP contribution in [0.3, 0.4) is 0 Å². The number of aromatic nitrogens is 3. The van der Waals surface area contributed by atoms with E-state index in [0.29, 0.717) is 4.77 Å². The van der Waals surface area contributed by atoms with Gasteiger partial charge in [-0.15, -0.1) is 0 Å². The number of hydrogen-bond donors (Lipinski definition) is 1. The first kappa shape index (κ1) is 12.7. The second kappa shape index (κ2) is 4.79. The Labute approximate surface area is 134 Å². The predicted octanol–water partition coefficient (Wildman–Crippen LogP) is 4.97. The molecule has 1 N–H and O–H groups in total. The third-order valence-corrected chi connectivity index (χ3v) is 4.30. The van der Waals surface area contributed by atoms with Gasteiger partial charge in [-0.05, 0) is 36.5 Å². The van der Waals surface area contributed by atoms with Crippen molar-refractivity contribution in [2.75, 3.05) is 0 Å². The lowest BCUT2D eigenvalue weighted by Gasteiger charge is -2.00. The van der Waals surface area contributed by atoms with Crippen LogP contribution in [-0.4, -0.2) is 14.4 Å². The standard InChI is InChI=1S/C16H10BrN3S/c17-11-7-5-10(6-8-11)14-9-20-15(18-14)12-3-1-2-4-13(12)19-16(20)21/h1-9H,(H,19,21). The van der Waals surface area contributed by atoms with Crippen molar-refractivity contribution in [1.29, 1.82) is 0 Å². The van der Waals surface area contributed by atoms with Gasteiger partial charge in [-0.1, -0.05) is 40.2 Å². The molecular formula is C16H10BrN3S. The average Bonchev–Trinajstić information content (AvgIpc) is 2.94. The van der Waals surface area contributed by atoms with Gasteiger partial charge in [0.25, 0.3) is 0 Å². The molecule has 0 atom stereocenters. The molecule has 0 bridgehead atoms. The molecule has 5 heteroatoms. The summed E-state index contributed by atoms with van der Waals surface area (Å²) in [7, 11) is 0. The van der Waals surface area contributed by atoms with E-state index in [2.05, 4.69) is 20.9 Å². The number of halogens is 1. The number of nitrogens with one attached hydrogen (secondary N) is 1. The summed E-state index contributed by atoms with van der Waals surface area (Å²) >= 11 is 8.87. The van der Waals surface area contributed by atoms with Crippen LogP contribution >= 0.6 is 28.1 Å². The van der Waals surface area contributed by atoms with Crippen molar-refractivity contribution >= 4 is 44.7 Å². The number of aromatic amines is 1. The minimum Gasteiger partial charge on any atom is -0.331 e. The smallest absolute Gasteiger partial charge is 0.183 e. The maximum Gasteiger partial charge on any atom is 0.183 e. The van der Waals surface area contributed by atoms with Crippen LogP contribution in [0.5, 0.6) is 0 Å². The fourth-order valence-electron chi connectivity index (χ4n) is 2.45. The molecule has 0 unspecified atom stereocenters. The number of fused-ring (bicyclic) bond motifs is 3. The molecule has 0 aliphatic rings. The van der Waals surface area contributed by atoms with Gasteiger partial charge in [0, 0.05) is 21.6 Å². The number of H-pyrrole nitrogens is 1. The van der Waals surface area contributed by atoms with Crippen molar-refractivity contribution in [3.63, 3.8) is 0 Å². The van der Waals surface area contributed by atoms with Gasteiger partial charge in [-0.2, -0.15) is 0 Å². The van der Waals surface area contributed by atoms with Gasteiger partial charge in [0.1, 0.15) is 5.65 Å². The molecule has 0 saturated carbocycles. The lowest BCUT2D eigenvalue weighted by Crippen LogP contribution is -1.91. The molecule has 0 aliphatic heterocycles. The molecule has 0 saturated heterocycles. The van der Waals surface area contributed by atoms with Gasteiger partial charge in [-0.3, -0.25) is 4.40 Å². The molecule has 0 aliphatic carbocycles. The number of para-hydroxylation sites is 1. The number of benzene rings is 2. The minimum absolute atomic E-state index is 0.652. The summed E-state index contributed by atoms with van der Waals surface area (Å²) in [4.78, 5) is 8.00. The highest BCUT2D eigenvalue weighted by Crippen LogP contribution is 2.24. The predicted molar refractivity (Wildman–Crippen MR) is 91.0 cm³/mol. The van der Waals surface area contributed by atoms with E-state index in [1.54, 1.807) is 0 Å². The zero-order chi connectivity index (χ0) is 14.4. The Morgan fingerprint density at radius 2 is 1.81 bits per heavy atom. The van der Waals surface area contributed by atoms with E-state index in [1.807, 2.05) is 59.1 Å². The maximum atomic E-state index is 5.43. The first-order valence-electron chi connectivity index (χ1n) is 6.48. The summed E-state index contributed by atoms with van der Waals surface area (Å²) < 4.78 is 3.63. The summed E-state index contributed by atoms with van der Waals surface area (Å²) in [6.45, 7) is 0. The summed E-state index contributed by atoms with van der Waals surface area (Å²) in [5, 5.41) is 1.06. The van der Waals surface area contributed by atoms with E-state index < -0.39 is 0 Å². The summed E-state index contributed by atoms with van der Waals surface area (Å²) in [6, 6.07) is 16.2.